The van der Waals surface area contributed by atoms with Crippen molar-refractivity contribution in [2.75, 3.05) is 6.61 Å². The van der Waals surface area contributed by atoms with E-state index in [4.69, 9.17) is 21.1 Å². The van der Waals surface area contributed by atoms with E-state index >= 15 is 0 Å². The Balaban J connectivity index is 2.57. The molecule has 0 saturated carbocycles. The van der Waals surface area contributed by atoms with Crippen molar-refractivity contribution in [2.24, 2.45) is 0 Å². The number of carbonyl (C=O) groups excluding carboxylic acids is 1. The molecule has 0 aromatic heterocycles. The molecule has 0 radical (unpaired) electrons. The molecule has 1 aromatic carbocycles. The minimum atomic E-state index is -1.10. The molecule has 3 nitrogen and oxygen atoms in total. The molecule has 0 bridgehead atoms. The summed E-state index contributed by atoms with van der Waals surface area (Å²) < 4.78 is 11.8. The lowest BCUT2D eigenvalue weighted by Crippen LogP contribution is -2.37. The van der Waals surface area contributed by atoms with E-state index in [2.05, 4.69) is 15.9 Å². The molecule has 0 aliphatic carbocycles. The molecular weight excluding hydrogens is 307 g/mol. The number of esters is 1. The number of hydrogen-bond acceptors (Lipinski definition) is 3. The highest BCUT2D eigenvalue weighted by Crippen LogP contribution is 2.41. The molecule has 1 heterocycles. The zero-order chi connectivity index (χ0) is 12.6. The Morgan fingerprint density at radius 3 is 2.94 bits per heavy atom. The third kappa shape index (κ3) is 2.34. The lowest BCUT2D eigenvalue weighted by Gasteiger charge is -2.36. The molecule has 5 heteroatoms. The van der Waals surface area contributed by atoms with Gasteiger partial charge in [0, 0.05) is 23.9 Å². The first-order chi connectivity index (χ1) is 7.94. The van der Waals surface area contributed by atoms with E-state index in [1.165, 1.54) is 6.92 Å². The van der Waals surface area contributed by atoms with Crippen LogP contribution in [-0.2, 0) is 26.5 Å². The smallest absolute Gasteiger partial charge is 0.305 e. The summed E-state index contributed by atoms with van der Waals surface area (Å²) in [6.07, 6.45) is 0.743. The van der Waals surface area contributed by atoms with Gasteiger partial charge in [0.1, 0.15) is 0 Å². The fourth-order valence-corrected chi connectivity index (χ4v) is 2.98. The summed E-state index contributed by atoms with van der Waals surface area (Å²) in [6, 6.07) is 3.65. The maximum atomic E-state index is 11.2. The Morgan fingerprint density at radius 1 is 1.59 bits per heavy atom. The van der Waals surface area contributed by atoms with Crippen LogP contribution in [0.4, 0.5) is 0 Å². The highest BCUT2D eigenvalue weighted by atomic mass is 79.9. The molecule has 17 heavy (non-hydrogen) atoms. The summed E-state index contributed by atoms with van der Waals surface area (Å²) in [5.41, 5.74) is 1.77. The molecule has 1 aliphatic rings. The van der Waals surface area contributed by atoms with Crippen molar-refractivity contribution in [3.63, 3.8) is 0 Å². The third-order valence-corrected chi connectivity index (χ3v) is 3.78. The average molecular weight is 320 g/mol. The highest BCUT2D eigenvalue weighted by Gasteiger charge is 2.39. The third-order valence-electron chi connectivity index (χ3n) is 2.73. The van der Waals surface area contributed by atoms with Crippen LogP contribution in [0.1, 0.15) is 25.0 Å². The van der Waals surface area contributed by atoms with Crippen molar-refractivity contribution in [3.05, 3.63) is 32.8 Å². The Morgan fingerprint density at radius 2 is 2.29 bits per heavy atom. The SMILES string of the molecule is CC(=O)OC1(C)OCCc2c(Br)ccc(Cl)c21. The molecule has 1 aliphatic heterocycles. The summed E-state index contributed by atoms with van der Waals surface area (Å²) in [6.45, 7) is 3.56. The van der Waals surface area contributed by atoms with Gasteiger partial charge in [-0.15, -0.1) is 0 Å². The first-order valence-corrected chi connectivity index (χ1v) is 6.42. The largest absolute Gasteiger partial charge is 0.429 e. The summed E-state index contributed by atoms with van der Waals surface area (Å²) in [7, 11) is 0. The van der Waals surface area contributed by atoms with E-state index < -0.39 is 11.8 Å². The zero-order valence-corrected chi connectivity index (χ0v) is 11.9. The lowest BCUT2D eigenvalue weighted by atomic mass is 9.95. The van der Waals surface area contributed by atoms with E-state index in [1.54, 1.807) is 13.0 Å². The minimum Gasteiger partial charge on any atom is -0.429 e. The average Bonchev–Trinajstić information content (AvgIpc) is 2.22. The number of halogens is 2. The summed E-state index contributed by atoms with van der Waals surface area (Å²) in [5.74, 6) is -1.49. The number of ether oxygens (including phenoxy) is 2. The maximum Gasteiger partial charge on any atom is 0.305 e. The van der Waals surface area contributed by atoms with E-state index in [-0.39, 0.29) is 0 Å². The van der Waals surface area contributed by atoms with Crippen LogP contribution in [-0.4, -0.2) is 12.6 Å². The van der Waals surface area contributed by atoms with Gasteiger partial charge in [0.05, 0.1) is 11.6 Å². The van der Waals surface area contributed by atoms with Crippen LogP contribution in [0.15, 0.2) is 16.6 Å². The van der Waals surface area contributed by atoms with Crippen LogP contribution in [0, 0.1) is 0 Å². The van der Waals surface area contributed by atoms with Crippen molar-refractivity contribution in [3.8, 4) is 0 Å². The summed E-state index contributed by atoms with van der Waals surface area (Å²) >= 11 is 9.67. The Kier molecular flexibility index (Phi) is 3.48. The molecule has 1 unspecified atom stereocenters. The maximum absolute atomic E-state index is 11.2. The Labute approximate surface area is 113 Å². The summed E-state index contributed by atoms with van der Waals surface area (Å²) in [5, 5.41) is 0.548. The van der Waals surface area contributed by atoms with Gasteiger partial charge in [-0.1, -0.05) is 27.5 Å². The van der Waals surface area contributed by atoms with Gasteiger partial charge in [0.2, 0.25) is 5.79 Å². The molecule has 2 rings (SSSR count). The Hall–Kier alpha value is -0.580. The van der Waals surface area contributed by atoms with Crippen LogP contribution < -0.4 is 0 Å². The van der Waals surface area contributed by atoms with Crippen LogP contribution in [0.2, 0.25) is 5.02 Å². The predicted octanol–water partition coefficient (Wildman–Crippen LogP) is 3.41. The fraction of sp³-hybridized carbons (Fsp3) is 0.417. The minimum absolute atomic E-state index is 0.392. The number of fused-ring (bicyclic) bond motifs is 1. The second kappa shape index (κ2) is 4.59. The molecule has 0 N–H and O–H groups in total. The first-order valence-electron chi connectivity index (χ1n) is 5.25. The second-order valence-corrected chi connectivity index (χ2v) is 5.28. The normalized spacial score (nSPS) is 23.1. The van der Waals surface area contributed by atoms with Gasteiger partial charge in [-0.2, -0.15) is 0 Å². The van der Waals surface area contributed by atoms with Crippen molar-refractivity contribution < 1.29 is 14.3 Å². The Bertz CT molecular complexity index is 475. The van der Waals surface area contributed by atoms with Crippen molar-refractivity contribution >= 4 is 33.5 Å². The number of benzene rings is 1. The molecule has 0 spiro atoms. The van der Waals surface area contributed by atoms with Gasteiger partial charge in [0.25, 0.3) is 0 Å². The molecular formula is C12H12BrClO3. The van der Waals surface area contributed by atoms with E-state index in [9.17, 15) is 4.79 Å². The monoisotopic (exact) mass is 318 g/mol. The van der Waals surface area contributed by atoms with Gasteiger partial charge in [-0.05, 0) is 24.1 Å². The highest BCUT2D eigenvalue weighted by molar-refractivity contribution is 9.10. The van der Waals surface area contributed by atoms with Gasteiger partial charge in [-0.3, -0.25) is 4.79 Å². The van der Waals surface area contributed by atoms with Crippen molar-refractivity contribution in [1.82, 2.24) is 0 Å². The van der Waals surface area contributed by atoms with Gasteiger partial charge < -0.3 is 9.47 Å². The van der Waals surface area contributed by atoms with Crippen molar-refractivity contribution in [2.45, 2.75) is 26.1 Å². The number of carbonyl (C=O) groups is 1. The molecule has 1 aromatic rings. The second-order valence-electron chi connectivity index (χ2n) is 4.02. The molecule has 0 fully saturated rings. The van der Waals surface area contributed by atoms with Gasteiger partial charge in [-0.25, -0.2) is 0 Å². The van der Waals surface area contributed by atoms with E-state index in [0.717, 1.165) is 22.0 Å². The standard InChI is InChI=1S/C12H12BrClO3/c1-7(15)17-12(2)11-8(5-6-16-12)9(13)3-4-10(11)14/h3-4H,5-6H2,1-2H3. The predicted molar refractivity (Wildman–Crippen MR) is 67.9 cm³/mol. The van der Waals surface area contributed by atoms with Crippen molar-refractivity contribution in [1.29, 1.82) is 0 Å². The number of hydrogen-bond donors (Lipinski definition) is 0. The van der Waals surface area contributed by atoms with Crippen LogP contribution >= 0.6 is 27.5 Å². The van der Waals surface area contributed by atoms with Crippen LogP contribution in [0.3, 0.4) is 0 Å². The quantitative estimate of drug-likeness (QED) is 0.744. The van der Waals surface area contributed by atoms with Crippen LogP contribution in [0.5, 0.6) is 0 Å². The van der Waals surface area contributed by atoms with Gasteiger partial charge >= 0.3 is 5.97 Å². The topological polar surface area (TPSA) is 35.5 Å². The molecule has 92 valence electrons. The molecule has 0 amide bonds. The summed E-state index contributed by atoms with van der Waals surface area (Å²) in [4.78, 5) is 11.2. The van der Waals surface area contributed by atoms with Gasteiger partial charge in [0.15, 0.2) is 0 Å². The molecule has 1 atom stereocenters. The number of rotatable bonds is 1. The zero-order valence-electron chi connectivity index (χ0n) is 9.55. The fourth-order valence-electron chi connectivity index (χ4n) is 2.10. The molecule has 0 saturated heterocycles. The van der Waals surface area contributed by atoms with Crippen LogP contribution in [0.25, 0.3) is 0 Å². The lowest BCUT2D eigenvalue weighted by molar-refractivity contribution is -0.233. The van der Waals surface area contributed by atoms with E-state index in [1.807, 2.05) is 6.07 Å². The van der Waals surface area contributed by atoms with E-state index in [0.29, 0.717) is 11.6 Å². The first kappa shape index (κ1) is 12.9.